The Morgan fingerprint density at radius 2 is 1.87 bits per heavy atom. The lowest BCUT2D eigenvalue weighted by atomic mass is 10.2. The van der Waals surface area contributed by atoms with Gasteiger partial charge in [-0.1, -0.05) is 13.0 Å². The van der Waals surface area contributed by atoms with Crippen LogP contribution in [0.4, 0.5) is 10.2 Å². The van der Waals surface area contributed by atoms with Crippen LogP contribution in [-0.4, -0.2) is 19.9 Å². The molecule has 0 saturated heterocycles. The number of hydrogen-bond acceptors (Lipinski definition) is 6. The highest BCUT2D eigenvalue weighted by molar-refractivity contribution is 5.55. The molecule has 0 spiro atoms. The highest BCUT2D eigenvalue weighted by Crippen LogP contribution is 2.20. The second-order valence-corrected chi connectivity index (χ2v) is 6.79. The molecular formula is C23H20FN5O2. The summed E-state index contributed by atoms with van der Waals surface area (Å²) in [6.07, 6.45) is 4.05. The molecule has 156 valence electrons. The van der Waals surface area contributed by atoms with Crippen molar-refractivity contribution in [2.45, 2.75) is 19.9 Å². The summed E-state index contributed by atoms with van der Waals surface area (Å²) >= 11 is 0. The van der Waals surface area contributed by atoms with Crippen LogP contribution in [0.1, 0.15) is 18.2 Å². The molecule has 2 N–H and O–H groups in total. The molecule has 1 aromatic carbocycles. The van der Waals surface area contributed by atoms with Crippen LogP contribution in [0, 0.1) is 5.82 Å². The second kappa shape index (κ2) is 9.17. The Bertz CT molecular complexity index is 1210. The molecule has 4 rings (SSSR count). The van der Waals surface area contributed by atoms with Crippen LogP contribution in [0.3, 0.4) is 0 Å². The van der Waals surface area contributed by atoms with Crippen molar-refractivity contribution in [3.05, 3.63) is 94.4 Å². The van der Waals surface area contributed by atoms with E-state index in [0.717, 1.165) is 16.8 Å². The summed E-state index contributed by atoms with van der Waals surface area (Å²) in [5.74, 6) is 1.81. The summed E-state index contributed by atoms with van der Waals surface area (Å²) < 4.78 is 18.5. The minimum Gasteiger partial charge on any atom is -0.439 e. The van der Waals surface area contributed by atoms with Crippen molar-refractivity contribution in [3.63, 3.8) is 0 Å². The smallest absolute Gasteiger partial charge is 0.251 e. The molecule has 31 heavy (non-hydrogen) atoms. The van der Waals surface area contributed by atoms with Gasteiger partial charge < -0.3 is 15.0 Å². The maximum atomic E-state index is 13.0. The fourth-order valence-corrected chi connectivity index (χ4v) is 2.86. The quantitative estimate of drug-likeness (QED) is 0.465. The van der Waals surface area contributed by atoms with E-state index >= 15 is 0 Å². The van der Waals surface area contributed by atoms with Crippen molar-refractivity contribution in [2.75, 3.05) is 5.32 Å². The summed E-state index contributed by atoms with van der Waals surface area (Å²) in [5, 5.41) is 3.22. The highest BCUT2D eigenvalue weighted by atomic mass is 19.1. The topological polar surface area (TPSA) is 92.8 Å². The average molecular weight is 417 g/mol. The Morgan fingerprint density at radius 3 is 2.55 bits per heavy atom. The second-order valence-electron chi connectivity index (χ2n) is 6.79. The maximum absolute atomic E-state index is 13.0. The Kier molecular flexibility index (Phi) is 5.98. The number of rotatable bonds is 7. The van der Waals surface area contributed by atoms with Gasteiger partial charge >= 0.3 is 0 Å². The number of aromatic amines is 1. The van der Waals surface area contributed by atoms with E-state index in [1.807, 2.05) is 25.1 Å². The van der Waals surface area contributed by atoms with E-state index in [1.54, 1.807) is 30.6 Å². The van der Waals surface area contributed by atoms with Crippen LogP contribution in [-0.2, 0) is 13.0 Å². The maximum Gasteiger partial charge on any atom is 0.251 e. The van der Waals surface area contributed by atoms with Crippen LogP contribution in [0.25, 0.3) is 11.4 Å². The van der Waals surface area contributed by atoms with E-state index in [9.17, 15) is 9.18 Å². The van der Waals surface area contributed by atoms with Gasteiger partial charge in [-0.2, -0.15) is 0 Å². The van der Waals surface area contributed by atoms with E-state index in [4.69, 9.17) is 4.74 Å². The summed E-state index contributed by atoms with van der Waals surface area (Å²) in [6.45, 7) is 2.48. The Balaban J connectivity index is 1.36. The van der Waals surface area contributed by atoms with Gasteiger partial charge in [0.2, 0.25) is 5.88 Å². The molecule has 0 radical (unpaired) electrons. The summed E-state index contributed by atoms with van der Waals surface area (Å²) in [4.78, 5) is 27.6. The number of hydrogen-bond donors (Lipinski definition) is 2. The molecule has 0 atom stereocenters. The molecule has 0 saturated carbocycles. The van der Waals surface area contributed by atoms with E-state index in [1.165, 1.54) is 18.2 Å². The number of aryl methyl sites for hydroxylation is 1. The van der Waals surface area contributed by atoms with Gasteiger partial charge in [-0.3, -0.25) is 4.79 Å². The van der Waals surface area contributed by atoms with E-state index in [-0.39, 0.29) is 11.4 Å². The highest BCUT2D eigenvalue weighted by Gasteiger charge is 2.05. The molecule has 0 aliphatic carbocycles. The van der Waals surface area contributed by atoms with E-state index in [0.29, 0.717) is 36.2 Å². The third kappa shape index (κ3) is 5.30. The Labute approximate surface area is 178 Å². The predicted molar refractivity (Wildman–Crippen MR) is 116 cm³/mol. The largest absolute Gasteiger partial charge is 0.439 e. The van der Waals surface area contributed by atoms with Gasteiger partial charge in [0.1, 0.15) is 23.2 Å². The zero-order valence-corrected chi connectivity index (χ0v) is 16.8. The average Bonchev–Trinajstić information content (AvgIpc) is 2.80. The lowest BCUT2D eigenvalue weighted by Gasteiger charge is -2.08. The number of halogens is 1. The molecule has 8 heteroatoms. The fourth-order valence-electron chi connectivity index (χ4n) is 2.86. The zero-order chi connectivity index (χ0) is 21.6. The minimum absolute atomic E-state index is 0.177. The molecule has 0 fully saturated rings. The fraction of sp³-hybridized carbons (Fsp3) is 0.130. The van der Waals surface area contributed by atoms with Crippen molar-refractivity contribution < 1.29 is 9.13 Å². The summed E-state index contributed by atoms with van der Waals surface area (Å²) in [5.41, 5.74) is 2.24. The molecule has 0 aliphatic heterocycles. The number of anilines is 1. The van der Waals surface area contributed by atoms with Crippen LogP contribution in [0.5, 0.6) is 11.6 Å². The molecule has 0 bridgehead atoms. The standard InChI is InChI=1S/C23H20FN5O2/c1-2-18-11-21(30)29-23(28-18)16-4-9-20(26-14-16)25-12-15-3-10-22(27-13-15)31-19-7-5-17(24)6-8-19/h3-11,13-14H,2,12H2,1H3,(H,25,26)(H,28,29,30). The molecule has 0 amide bonds. The van der Waals surface area contributed by atoms with Gasteiger partial charge in [0, 0.05) is 42.3 Å². The first-order valence-electron chi connectivity index (χ1n) is 9.78. The van der Waals surface area contributed by atoms with Crippen molar-refractivity contribution in [3.8, 4) is 23.0 Å². The Morgan fingerprint density at radius 1 is 1.03 bits per heavy atom. The van der Waals surface area contributed by atoms with Gasteiger partial charge in [-0.25, -0.2) is 19.3 Å². The summed E-state index contributed by atoms with van der Waals surface area (Å²) in [6, 6.07) is 14.6. The predicted octanol–water partition coefficient (Wildman–Crippen LogP) is 4.33. The third-order valence-corrected chi connectivity index (χ3v) is 4.50. The molecular weight excluding hydrogens is 397 g/mol. The number of nitrogens with one attached hydrogen (secondary N) is 2. The number of aromatic nitrogens is 4. The van der Waals surface area contributed by atoms with Gasteiger partial charge in [0.05, 0.1) is 0 Å². The van der Waals surface area contributed by atoms with Crippen LogP contribution in [0.15, 0.2) is 71.8 Å². The summed E-state index contributed by atoms with van der Waals surface area (Å²) in [7, 11) is 0. The van der Waals surface area contributed by atoms with Crippen molar-refractivity contribution in [1.29, 1.82) is 0 Å². The number of benzene rings is 1. The first kappa shape index (κ1) is 20.2. The normalized spacial score (nSPS) is 10.6. The third-order valence-electron chi connectivity index (χ3n) is 4.50. The van der Waals surface area contributed by atoms with Gasteiger partial charge in [-0.05, 0) is 48.4 Å². The lowest BCUT2D eigenvalue weighted by Crippen LogP contribution is -2.10. The first-order chi connectivity index (χ1) is 15.1. The first-order valence-corrected chi connectivity index (χ1v) is 9.78. The minimum atomic E-state index is -0.317. The van der Waals surface area contributed by atoms with Crippen molar-refractivity contribution in [2.24, 2.45) is 0 Å². The zero-order valence-electron chi connectivity index (χ0n) is 16.8. The van der Waals surface area contributed by atoms with Gasteiger partial charge in [-0.15, -0.1) is 0 Å². The van der Waals surface area contributed by atoms with Crippen molar-refractivity contribution >= 4 is 5.82 Å². The lowest BCUT2D eigenvalue weighted by molar-refractivity contribution is 0.461. The molecule has 3 aromatic heterocycles. The Hall–Kier alpha value is -4.07. The van der Waals surface area contributed by atoms with Crippen LogP contribution < -0.4 is 15.6 Å². The van der Waals surface area contributed by atoms with Gasteiger partial charge in [0.15, 0.2) is 0 Å². The number of pyridine rings is 2. The molecule has 0 aliphatic rings. The number of ether oxygens (including phenoxy) is 1. The molecule has 3 heterocycles. The monoisotopic (exact) mass is 417 g/mol. The van der Waals surface area contributed by atoms with Crippen LogP contribution in [0.2, 0.25) is 0 Å². The van der Waals surface area contributed by atoms with Gasteiger partial charge in [0.25, 0.3) is 5.56 Å². The van der Waals surface area contributed by atoms with E-state index in [2.05, 4.69) is 25.3 Å². The van der Waals surface area contributed by atoms with Crippen molar-refractivity contribution in [1.82, 2.24) is 19.9 Å². The number of nitrogens with zero attached hydrogens (tertiary/aromatic N) is 3. The SMILES string of the molecule is CCc1cc(=O)[nH]c(-c2ccc(NCc3ccc(Oc4ccc(F)cc4)nc3)nc2)n1. The van der Waals surface area contributed by atoms with Crippen LogP contribution >= 0.6 is 0 Å². The molecule has 4 aromatic rings. The number of H-pyrrole nitrogens is 1. The molecule has 7 nitrogen and oxygen atoms in total. The van der Waals surface area contributed by atoms with E-state index < -0.39 is 0 Å². The molecule has 0 unspecified atom stereocenters.